The van der Waals surface area contributed by atoms with E-state index in [1.807, 2.05) is 48.5 Å². The van der Waals surface area contributed by atoms with E-state index in [2.05, 4.69) is 34.9 Å². The second-order valence-corrected chi connectivity index (χ2v) is 11.2. The molecule has 4 heterocycles. The van der Waals surface area contributed by atoms with Crippen LogP contribution in [0.1, 0.15) is 0 Å². The molecule has 4 aromatic heterocycles. The molecule has 0 fully saturated rings. The van der Waals surface area contributed by atoms with Crippen LogP contribution in [0.2, 0.25) is 0 Å². The minimum atomic E-state index is -0.188. The van der Waals surface area contributed by atoms with Crippen molar-refractivity contribution in [2.45, 2.75) is 0 Å². The van der Waals surface area contributed by atoms with Crippen LogP contribution in [-0.4, -0.2) is 4.57 Å². The molecule has 206 valence electrons. The van der Waals surface area contributed by atoms with Gasteiger partial charge >= 0.3 is 0 Å². The zero-order valence-corrected chi connectivity index (χ0v) is 23.0. The van der Waals surface area contributed by atoms with Gasteiger partial charge in [0.2, 0.25) is 10.9 Å². The zero-order chi connectivity index (χ0) is 29.1. The number of furan rings is 1. The van der Waals surface area contributed by atoms with Gasteiger partial charge in [0.25, 0.3) is 0 Å². The largest absolute Gasteiger partial charge is 0.456 e. The Bertz CT molecular complexity index is 2990. The van der Waals surface area contributed by atoms with Gasteiger partial charge in [-0.1, -0.05) is 54.6 Å². The normalized spacial score (nSPS) is 12.3. The fraction of sp³-hybridized carbons (Fsp3) is 0. The highest BCUT2D eigenvalue weighted by atomic mass is 16.3. The molecular weight excluding hydrogens is 550 g/mol. The van der Waals surface area contributed by atoms with E-state index >= 15 is 0 Å². The van der Waals surface area contributed by atoms with Crippen molar-refractivity contribution in [3.8, 4) is 5.69 Å². The Morgan fingerprint density at radius 3 is 1.73 bits per heavy atom. The van der Waals surface area contributed by atoms with Gasteiger partial charge in [0.05, 0.1) is 38.3 Å². The number of hydrogen-bond donors (Lipinski definition) is 0. The summed E-state index contributed by atoms with van der Waals surface area (Å²) in [6.07, 6.45) is 0. The first-order chi connectivity index (χ1) is 21.6. The third-order valence-electron chi connectivity index (χ3n) is 8.79. The van der Waals surface area contributed by atoms with Crippen LogP contribution in [0.25, 0.3) is 93.3 Å². The summed E-state index contributed by atoms with van der Waals surface area (Å²) in [4.78, 5) is 27.1. The number of hydrogen-bond acceptors (Lipinski definition) is 5. The minimum absolute atomic E-state index is 0.166. The van der Waals surface area contributed by atoms with Crippen LogP contribution in [0.5, 0.6) is 0 Å². The molecule has 0 unspecified atom stereocenters. The van der Waals surface area contributed by atoms with Crippen LogP contribution in [-0.2, 0) is 0 Å². The summed E-state index contributed by atoms with van der Waals surface area (Å²) >= 11 is 0. The predicted molar refractivity (Wildman–Crippen MR) is 175 cm³/mol. The Morgan fingerprint density at radius 1 is 0.409 bits per heavy atom. The van der Waals surface area contributed by atoms with E-state index < -0.39 is 0 Å². The molecule has 0 atom stereocenters. The smallest absolute Gasteiger partial charge is 0.200 e. The van der Waals surface area contributed by atoms with Crippen LogP contribution in [0.3, 0.4) is 0 Å². The van der Waals surface area contributed by atoms with E-state index in [1.54, 1.807) is 36.4 Å². The second kappa shape index (κ2) is 8.24. The van der Waals surface area contributed by atoms with Gasteiger partial charge in [-0.3, -0.25) is 9.59 Å². The molecule has 0 saturated carbocycles. The average molecular weight is 570 g/mol. The van der Waals surface area contributed by atoms with E-state index in [9.17, 15) is 9.59 Å². The molecule has 0 radical (unpaired) electrons. The van der Waals surface area contributed by atoms with Gasteiger partial charge in [-0.15, -0.1) is 0 Å². The minimum Gasteiger partial charge on any atom is -0.456 e. The molecule has 0 aliphatic rings. The van der Waals surface area contributed by atoms with Crippen molar-refractivity contribution in [2.75, 3.05) is 0 Å². The number of benzene rings is 6. The highest BCUT2D eigenvalue weighted by Gasteiger charge is 2.20. The molecule has 6 aromatic carbocycles. The Kier molecular flexibility index (Phi) is 4.39. The highest BCUT2D eigenvalue weighted by Crippen LogP contribution is 2.40. The van der Waals surface area contributed by atoms with E-state index in [1.165, 1.54) is 0 Å². The quantitative estimate of drug-likeness (QED) is 0.184. The van der Waals surface area contributed by atoms with Crippen molar-refractivity contribution in [1.82, 2.24) is 4.57 Å². The SMILES string of the molecule is O=c1c2ccccc2oc2cc3c(=O)c4ccc(-n5c6ccccc6c6ccc7c8ccccc8oc7c65)cc4oc3cc12. The Balaban J connectivity index is 1.29. The zero-order valence-electron chi connectivity index (χ0n) is 23.0. The lowest BCUT2D eigenvalue weighted by Gasteiger charge is -2.10. The molecule has 0 aliphatic heterocycles. The molecule has 44 heavy (non-hydrogen) atoms. The van der Waals surface area contributed by atoms with Crippen molar-refractivity contribution >= 4 is 87.6 Å². The van der Waals surface area contributed by atoms with Crippen molar-refractivity contribution in [1.29, 1.82) is 0 Å². The van der Waals surface area contributed by atoms with E-state index in [4.69, 9.17) is 13.3 Å². The predicted octanol–water partition coefficient (Wildman–Crippen LogP) is 9.20. The van der Waals surface area contributed by atoms with Crippen LogP contribution in [0.15, 0.2) is 138 Å². The standard InChI is InChI=1S/C38H19NO5/c40-36-25-9-3-6-12-31(25)42-33-18-28-34(19-27(33)36)43-32-17-20(13-14-26(32)37(28)41)39-29-10-4-1-7-21(29)23-15-16-24-22-8-2-5-11-30(22)44-38(24)35(23)39/h1-19H. The summed E-state index contributed by atoms with van der Waals surface area (Å²) in [5.41, 5.74) is 5.62. The van der Waals surface area contributed by atoms with Crippen molar-refractivity contribution in [3.05, 3.63) is 136 Å². The number of para-hydroxylation sites is 3. The highest BCUT2D eigenvalue weighted by molar-refractivity contribution is 6.21. The third kappa shape index (κ3) is 2.98. The van der Waals surface area contributed by atoms with Gasteiger partial charge in [-0.2, -0.15) is 0 Å². The molecule has 6 heteroatoms. The molecule has 0 N–H and O–H groups in total. The third-order valence-corrected chi connectivity index (χ3v) is 8.79. The number of aromatic nitrogens is 1. The maximum atomic E-state index is 13.8. The van der Waals surface area contributed by atoms with E-state index in [0.717, 1.165) is 49.4 Å². The van der Waals surface area contributed by atoms with Crippen molar-refractivity contribution < 1.29 is 13.3 Å². The average Bonchev–Trinajstić information content (AvgIpc) is 3.60. The molecule has 0 bridgehead atoms. The maximum absolute atomic E-state index is 13.8. The van der Waals surface area contributed by atoms with Crippen LogP contribution < -0.4 is 10.9 Å². The van der Waals surface area contributed by atoms with E-state index in [0.29, 0.717) is 43.9 Å². The topological polar surface area (TPSA) is 78.5 Å². The monoisotopic (exact) mass is 569 g/mol. The molecule has 10 rings (SSSR count). The summed E-state index contributed by atoms with van der Waals surface area (Å²) in [5.74, 6) is 0. The lowest BCUT2D eigenvalue weighted by atomic mass is 10.1. The first-order valence-electron chi connectivity index (χ1n) is 14.3. The summed E-state index contributed by atoms with van der Waals surface area (Å²) in [7, 11) is 0. The lowest BCUT2D eigenvalue weighted by Crippen LogP contribution is -2.06. The molecule has 6 nitrogen and oxygen atoms in total. The lowest BCUT2D eigenvalue weighted by molar-refractivity contribution is 0.652. The Labute approximate surface area is 246 Å². The first kappa shape index (κ1) is 23.4. The molecule has 0 spiro atoms. The summed E-state index contributed by atoms with van der Waals surface area (Å²) in [6.45, 7) is 0. The first-order valence-corrected chi connectivity index (χ1v) is 14.3. The fourth-order valence-electron chi connectivity index (χ4n) is 6.78. The van der Waals surface area contributed by atoms with Gasteiger partial charge < -0.3 is 17.8 Å². The maximum Gasteiger partial charge on any atom is 0.200 e. The second-order valence-electron chi connectivity index (χ2n) is 11.2. The van der Waals surface area contributed by atoms with Gasteiger partial charge in [-0.05, 0) is 54.6 Å². The Morgan fingerprint density at radius 2 is 0.955 bits per heavy atom. The number of nitrogens with zero attached hydrogens (tertiary/aromatic N) is 1. The van der Waals surface area contributed by atoms with Crippen LogP contribution in [0.4, 0.5) is 0 Å². The molecule has 0 amide bonds. The van der Waals surface area contributed by atoms with Gasteiger partial charge in [0, 0.05) is 27.6 Å². The van der Waals surface area contributed by atoms with Crippen LogP contribution >= 0.6 is 0 Å². The molecule has 0 saturated heterocycles. The van der Waals surface area contributed by atoms with E-state index in [-0.39, 0.29) is 10.9 Å². The van der Waals surface area contributed by atoms with Gasteiger partial charge in [-0.25, -0.2) is 0 Å². The molecule has 10 aromatic rings. The van der Waals surface area contributed by atoms with Gasteiger partial charge in [0.15, 0.2) is 5.58 Å². The molecule has 0 aliphatic carbocycles. The van der Waals surface area contributed by atoms with Crippen molar-refractivity contribution in [2.24, 2.45) is 0 Å². The number of rotatable bonds is 1. The van der Waals surface area contributed by atoms with Crippen molar-refractivity contribution in [3.63, 3.8) is 0 Å². The fourth-order valence-corrected chi connectivity index (χ4v) is 6.78. The number of fused-ring (bicyclic) bond motifs is 11. The summed E-state index contributed by atoms with van der Waals surface area (Å²) < 4.78 is 21.0. The summed E-state index contributed by atoms with van der Waals surface area (Å²) in [6, 6.07) is 36.5. The molecular formula is C38H19NO5. The summed E-state index contributed by atoms with van der Waals surface area (Å²) in [5, 5.41) is 5.90. The Hall–Kier alpha value is -6.14. The van der Waals surface area contributed by atoms with Crippen LogP contribution in [0, 0.1) is 0 Å². The van der Waals surface area contributed by atoms with Gasteiger partial charge in [0.1, 0.15) is 27.9 Å².